The summed E-state index contributed by atoms with van der Waals surface area (Å²) >= 11 is 0. The summed E-state index contributed by atoms with van der Waals surface area (Å²) in [6.45, 7) is -0.441. The van der Waals surface area contributed by atoms with Crippen LogP contribution in [0.25, 0.3) is 0 Å². The molecule has 21 heavy (non-hydrogen) atoms. The van der Waals surface area contributed by atoms with Gasteiger partial charge in [0.05, 0.1) is 13.1 Å². The van der Waals surface area contributed by atoms with Crippen molar-refractivity contribution < 1.29 is 23.1 Å². The molecule has 1 saturated heterocycles. The highest BCUT2D eigenvalue weighted by molar-refractivity contribution is 7.88. The summed E-state index contributed by atoms with van der Waals surface area (Å²) in [5.41, 5.74) is 0.786. The molecule has 0 aromatic heterocycles. The zero-order chi connectivity index (χ0) is 15.5. The Labute approximate surface area is 122 Å². The Kier molecular flexibility index (Phi) is 4.43. The Bertz CT molecular complexity index is 632. The lowest BCUT2D eigenvalue weighted by Gasteiger charge is -2.22. The highest BCUT2D eigenvalue weighted by atomic mass is 32.2. The minimum Gasteiger partial charge on any atom is -0.465 e. The molecule has 0 atom stereocenters. The standard InChI is InChI=1S/C12H15N3O5S/c16-11-8-13-21(19,20)15(11)7-6-14(12(17)18)9-10-4-2-1-3-5-10/h1-5,13H,6-9H2,(H,17,18). The van der Waals surface area contributed by atoms with Crippen LogP contribution in [0.1, 0.15) is 5.56 Å². The fraction of sp³-hybridized carbons (Fsp3) is 0.333. The van der Waals surface area contributed by atoms with Gasteiger partial charge in [0.25, 0.3) is 5.91 Å². The predicted molar refractivity (Wildman–Crippen MR) is 73.5 cm³/mol. The molecule has 0 unspecified atom stereocenters. The lowest BCUT2D eigenvalue weighted by Crippen LogP contribution is -2.40. The van der Waals surface area contributed by atoms with Crippen molar-refractivity contribution in [3.8, 4) is 0 Å². The molecule has 0 spiro atoms. The lowest BCUT2D eigenvalue weighted by atomic mass is 10.2. The van der Waals surface area contributed by atoms with Crippen LogP contribution in [0.15, 0.2) is 30.3 Å². The summed E-state index contributed by atoms with van der Waals surface area (Å²) in [5, 5.41) is 9.16. The van der Waals surface area contributed by atoms with Gasteiger partial charge >= 0.3 is 16.3 Å². The minimum atomic E-state index is -3.82. The van der Waals surface area contributed by atoms with Gasteiger partial charge in [0.15, 0.2) is 0 Å². The van der Waals surface area contributed by atoms with E-state index in [2.05, 4.69) is 4.72 Å². The van der Waals surface area contributed by atoms with Crippen LogP contribution in [0.5, 0.6) is 0 Å². The molecule has 1 aliphatic rings. The summed E-state index contributed by atoms with van der Waals surface area (Å²) in [6.07, 6.45) is -1.17. The van der Waals surface area contributed by atoms with Gasteiger partial charge in [-0.1, -0.05) is 30.3 Å². The minimum absolute atomic E-state index is 0.0864. The average Bonchev–Trinajstić information content (AvgIpc) is 2.70. The SMILES string of the molecule is O=C(O)N(CCN1C(=O)CNS1(=O)=O)Cc1ccccc1. The topological polar surface area (TPSA) is 107 Å². The highest BCUT2D eigenvalue weighted by Gasteiger charge is 2.34. The first-order chi connectivity index (χ1) is 9.90. The van der Waals surface area contributed by atoms with E-state index in [9.17, 15) is 18.0 Å². The lowest BCUT2D eigenvalue weighted by molar-refractivity contribution is -0.124. The largest absolute Gasteiger partial charge is 0.465 e. The summed E-state index contributed by atoms with van der Waals surface area (Å²) in [4.78, 5) is 23.7. The third kappa shape index (κ3) is 3.70. The molecule has 0 saturated carbocycles. The molecule has 2 N–H and O–H groups in total. The van der Waals surface area contributed by atoms with Crippen molar-refractivity contribution in [2.24, 2.45) is 0 Å². The zero-order valence-corrected chi connectivity index (χ0v) is 11.9. The molecule has 114 valence electrons. The first-order valence-electron chi connectivity index (χ1n) is 6.22. The van der Waals surface area contributed by atoms with Crippen LogP contribution in [0.3, 0.4) is 0 Å². The van der Waals surface area contributed by atoms with E-state index in [0.717, 1.165) is 10.5 Å². The van der Waals surface area contributed by atoms with Crippen LogP contribution in [-0.4, -0.2) is 54.4 Å². The van der Waals surface area contributed by atoms with Gasteiger partial charge in [0.1, 0.15) is 0 Å². The number of carboxylic acid groups (broad SMARTS) is 1. The average molecular weight is 313 g/mol. The van der Waals surface area contributed by atoms with Gasteiger partial charge in [-0.2, -0.15) is 13.1 Å². The Morgan fingerprint density at radius 2 is 2.00 bits per heavy atom. The molecular weight excluding hydrogens is 298 g/mol. The van der Waals surface area contributed by atoms with Crippen LogP contribution >= 0.6 is 0 Å². The fourth-order valence-corrected chi connectivity index (χ4v) is 3.07. The number of carbonyl (C=O) groups is 2. The van der Waals surface area contributed by atoms with Gasteiger partial charge < -0.3 is 10.0 Å². The quantitative estimate of drug-likeness (QED) is 0.785. The smallest absolute Gasteiger partial charge is 0.407 e. The third-order valence-electron chi connectivity index (χ3n) is 3.03. The molecule has 8 nitrogen and oxygen atoms in total. The number of hydrogen-bond donors (Lipinski definition) is 2. The van der Waals surface area contributed by atoms with Crippen molar-refractivity contribution in [3.63, 3.8) is 0 Å². The Morgan fingerprint density at radius 1 is 1.33 bits per heavy atom. The maximum atomic E-state index is 11.5. The maximum absolute atomic E-state index is 11.5. The van der Waals surface area contributed by atoms with E-state index in [1.165, 1.54) is 0 Å². The second-order valence-corrected chi connectivity index (χ2v) is 6.16. The van der Waals surface area contributed by atoms with E-state index < -0.39 is 22.2 Å². The van der Waals surface area contributed by atoms with Gasteiger partial charge in [0.2, 0.25) is 0 Å². The van der Waals surface area contributed by atoms with Crippen LogP contribution in [0.4, 0.5) is 4.79 Å². The Balaban J connectivity index is 2.01. The normalized spacial score (nSPS) is 17.0. The van der Waals surface area contributed by atoms with Crippen LogP contribution in [0, 0.1) is 0 Å². The Morgan fingerprint density at radius 3 is 2.52 bits per heavy atom. The molecule has 1 aromatic carbocycles. The molecule has 9 heteroatoms. The van der Waals surface area contributed by atoms with Gasteiger partial charge in [-0.05, 0) is 5.56 Å². The molecular formula is C12H15N3O5S. The summed E-state index contributed by atoms with van der Waals surface area (Å²) < 4.78 is 25.8. The number of amides is 2. The molecule has 1 heterocycles. The summed E-state index contributed by atoms with van der Waals surface area (Å²) in [5.74, 6) is -0.583. The molecule has 0 radical (unpaired) electrons. The number of nitrogens with one attached hydrogen (secondary N) is 1. The van der Waals surface area contributed by atoms with Crippen molar-refractivity contribution in [1.82, 2.24) is 13.9 Å². The van der Waals surface area contributed by atoms with Gasteiger partial charge in [-0.15, -0.1) is 0 Å². The second-order valence-electron chi connectivity index (χ2n) is 4.48. The van der Waals surface area contributed by atoms with Crippen LogP contribution in [-0.2, 0) is 21.5 Å². The summed E-state index contributed by atoms with van der Waals surface area (Å²) in [6, 6.07) is 8.93. The number of carbonyl (C=O) groups excluding carboxylic acids is 1. The number of benzene rings is 1. The van der Waals surface area contributed by atoms with Crippen molar-refractivity contribution in [3.05, 3.63) is 35.9 Å². The number of rotatable bonds is 5. The first kappa shape index (κ1) is 15.3. The van der Waals surface area contributed by atoms with Gasteiger partial charge in [-0.25, -0.2) is 9.10 Å². The molecule has 1 fully saturated rings. The molecule has 0 bridgehead atoms. The molecule has 0 aliphatic carbocycles. The van der Waals surface area contributed by atoms with Crippen LogP contribution < -0.4 is 4.72 Å². The molecule has 2 rings (SSSR count). The molecule has 2 amide bonds. The van der Waals surface area contributed by atoms with Gasteiger partial charge in [0, 0.05) is 13.1 Å². The van der Waals surface area contributed by atoms with Crippen molar-refractivity contribution in [2.75, 3.05) is 19.6 Å². The third-order valence-corrected chi connectivity index (χ3v) is 4.51. The molecule has 1 aliphatic heterocycles. The van der Waals surface area contributed by atoms with Crippen molar-refractivity contribution in [2.45, 2.75) is 6.54 Å². The maximum Gasteiger partial charge on any atom is 0.407 e. The second kappa shape index (κ2) is 6.10. The Hall–Kier alpha value is -2.13. The summed E-state index contributed by atoms with van der Waals surface area (Å²) in [7, 11) is -3.82. The van der Waals surface area contributed by atoms with E-state index >= 15 is 0 Å². The van der Waals surface area contributed by atoms with E-state index in [0.29, 0.717) is 4.31 Å². The van der Waals surface area contributed by atoms with Crippen LogP contribution in [0.2, 0.25) is 0 Å². The fourth-order valence-electron chi connectivity index (χ4n) is 1.96. The van der Waals surface area contributed by atoms with Crippen molar-refractivity contribution >= 4 is 22.2 Å². The molecule has 1 aromatic rings. The van der Waals surface area contributed by atoms with Crippen molar-refractivity contribution in [1.29, 1.82) is 0 Å². The van der Waals surface area contributed by atoms with E-state index in [1.807, 2.05) is 6.07 Å². The number of nitrogens with zero attached hydrogens (tertiary/aromatic N) is 2. The van der Waals surface area contributed by atoms with E-state index in [4.69, 9.17) is 5.11 Å². The zero-order valence-electron chi connectivity index (χ0n) is 11.1. The highest BCUT2D eigenvalue weighted by Crippen LogP contribution is 2.09. The predicted octanol–water partition coefficient (Wildman–Crippen LogP) is -0.157. The van der Waals surface area contributed by atoms with E-state index in [-0.39, 0.29) is 26.2 Å². The number of hydrogen-bond acceptors (Lipinski definition) is 4. The van der Waals surface area contributed by atoms with Gasteiger partial charge in [-0.3, -0.25) is 4.79 Å². The monoisotopic (exact) mass is 313 g/mol. The van der Waals surface area contributed by atoms with E-state index in [1.54, 1.807) is 24.3 Å². The first-order valence-corrected chi connectivity index (χ1v) is 7.66.